The van der Waals surface area contributed by atoms with Gasteiger partial charge in [-0.15, -0.1) is 0 Å². The Hall–Kier alpha value is -1.97. The number of ether oxygens (including phenoxy) is 2. The highest BCUT2D eigenvalue weighted by Crippen LogP contribution is 2.31. The molecular formula is C16H16O3. The lowest BCUT2D eigenvalue weighted by Gasteiger charge is -2.18. The minimum absolute atomic E-state index is 0.448. The summed E-state index contributed by atoms with van der Waals surface area (Å²) in [5.74, 6) is 0. The Morgan fingerprint density at radius 3 is 2.11 bits per heavy atom. The van der Waals surface area contributed by atoms with Crippen molar-refractivity contribution in [3.8, 4) is 11.1 Å². The zero-order valence-corrected chi connectivity index (χ0v) is 11.0. The molecule has 0 aromatic heterocycles. The quantitative estimate of drug-likeness (QED) is 0.607. The average molecular weight is 256 g/mol. The molecular weight excluding hydrogens is 240 g/mol. The van der Waals surface area contributed by atoms with E-state index in [0.717, 1.165) is 23.0 Å². The maximum Gasteiger partial charge on any atom is 0.183 e. The molecule has 0 radical (unpaired) electrons. The van der Waals surface area contributed by atoms with Crippen LogP contribution in [0.3, 0.4) is 0 Å². The Labute approximate surface area is 112 Å². The molecule has 2 aromatic rings. The Kier molecular flexibility index (Phi) is 4.44. The van der Waals surface area contributed by atoms with E-state index in [1.54, 1.807) is 20.3 Å². The van der Waals surface area contributed by atoms with Crippen LogP contribution in [0.4, 0.5) is 0 Å². The molecule has 0 N–H and O–H groups in total. The van der Waals surface area contributed by atoms with Crippen molar-refractivity contribution in [1.29, 1.82) is 0 Å². The smallest absolute Gasteiger partial charge is 0.183 e. The molecule has 3 nitrogen and oxygen atoms in total. The first kappa shape index (κ1) is 13.5. The van der Waals surface area contributed by atoms with E-state index >= 15 is 0 Å². The molecule has 0 saturated heterocycles. The average Bonchev–Trinajstić information content (AvgIpc) is 2.49. The van der Waals surface area contributed by atoms with E-state index in [1.165, 1.54) is 0 Å². The number of hydrogen-bond acceptors (Lipinski definition) is 3. The molecule has 0 heterocycles. The van der Waals surface area contributed by atoms with Crippen LogP contribution in [0, 0.1) is 0 Å². The molecule has 0 saturated carbocycles. The highest BCUT2D eigenvalue weighted by atomic mass is 16.7. The summed E-state index contributed by atoms with van der Waals surface area (Å²) in [7, 11) is 3.19. The van der Waals surface area contributed by atoms with Crippen molar-refractivity contribution in [1.82, 2.24) is 0 Å². The first-order chi connectivity index (χ1) is 9.31. The van der Waals surface area contributed by atoms with Gasteiger partial charge in [0, 0.05) is 25.3 Å². The Morgan fingerprint density at radius 2 is 1.47 bits per heavy atom. The highest BCUT2D eigenvalue weighted by molar-refractivity contribution is 5.88. The van der Waals surface area contributed by atoms with Crippen molar-refractivity contribution in [2.45, 2.75) is 6.29 Å². The third-order valence-electron chi connectivity index (χ3n) is 3.02. The van der Waals surface area contributed by atoms with Crippen molar-refractivity contribution in [3.63, 3.8) is 0 Å². The van der Waals surface area contributed by atoms with E-state index in [2.05, 4.69) is 0 Å². The summed E-state index contributed by atoms with van der Waals surface area (Å²) in [5, 5.41) is 0. The number of rotatable bonds is 5. The van der Waals surface area contributed by atoms with Crippen LogP contribution < -0.4 is 0 Å². The molecule has 0 unspecified atom stereocenters. The summed E-state index contributed by atoms with van der Waals surface area (Å²) in [6, 6.07) is 15.2. The molecule has 3 heteroatoms. The third kappa shape index (κ3) is 2.72. The van der Waals surface area contributed by atoms with E-state index < -0.39 is 6.29 Å². The van der Waals surface area contributed by atoms with Crippen LogP contribution in [0.1, 0.15) is 22.2 Å². The molecule has 19 heavy (non-hydrogen) atoms. The molecule has 98 valence electrons. The topological polar surface area (TPSA) is 35.5 Å². The molecule has 0 aliphatic heterocycles. The monoisotopic (exact) mass is 256 g/mol. The zero-order chi connectivity index (χ0) is 13.7. The van der Waals surface area contributed by atoms with Crippen LogP contribution >= 0.6 is 0 Å². The van der Waals surface area contributed by atoms with Crippen LogP contribution in [0.5, 0.6) is 0 Å². The number of aldehydes is 1. The number of hydrogen-bond donors (Lipinski definition) is 0. The van der Waals surface area contributed by atoms with Gasteiger partial charge in [0.1, 0.15) is 0 Å². The normalized spacial score (nSPS) is 10.7. The summed E-state index contributed by atoms with van der Waals surface area (Å²) in [4.78, 5) is 11.2. The van der Waals surface area contributed by atoms with Gasteiger partial charge >= 0.3 is 0 Å². The molecule has 2 rings (SSSR count). The fourth-order valence-corrected chi connectivity index (χ4v) is 2.14. The number of carbonyl (C=O) groups is 1. The van der Waals surface area contributed by atoms with Crippen LogP contribution in [-0.4, -0.2) is 20.5 Å². The van der Waals surface area contributed by atoms with Gasteiger partial charge in [0.2, 0.25) is 0 Å². The van der Waals surface area contributed by atoms with E-state index in [1.807, 2.05) is 42.5 Å². The van der Waals surface area contributed by atoms with Gasteiger partial charge in [0.05, 0.1) is 0 Å². The van der Waals surface area contributed by atoms with Crippen LogP contribution in [0.15, 0.2) is 48.5 Å². The minimum atomic E-state index is -0.448. The molecule has 2 aromatic carbocycles. The fourth-order valence-electron chi connectivity index (χ4n) is 2.14. The Balaban J connectivity index is 2.59. The second-order valence-electron chi connectivity index (χ2n) is 4.10. The summed E-state index contributed by atoms with van der Waals surface area (Å²) in [6.45, 7) is 0. The molecule has 0 bridgehead atoms. The lowest BCUT2D eigenvalue weighted by atomic mass is 9.95. The van der Waals surface area contributed by atoms with Gasteiger partial charge in [0.15, 0.2) is 12.6 Å². The predicted octanol–water partition coefficient (Wildman–Crippen LogP) is 3.46. The zero-order valence-electron chi connectivity index (χ0n) is 11.0. The lowest BCUT2D eigenvalue weighted by Crippen LogP contribution is -2.05. The van der Waals surface area contributed by atoms with Crippen molar-refractivity contribution < 1.29 is 14.3 Å². The van der Waals surface area contributed by atoms with Crippen molar-refractivity contribution in [2.75, 3.05) is 14.2 Å². The molecule has 0 fully saturated rings. The summed E-state index contributed by atoms with van der Waals surface area (Å²) in [6.07, 6.45) is 0.414. The van der Waals surface area contributed by atoms with Gasteiger partial charge in [-0.25, -0.2) is 0 Å². The molecule has 0 amide bonds. The van der Waals surface area contributed by atoms with Crippen LogP contribution in [0.2, 0.25) is 0 Å². The van der Waals surface area contributed by atoms with Gasteiger partial charge in [0.25, 0.3) is 0 Å². The van der Waals surface area contributed by atoms with E-state index in [0.29, 0.717) is 5.56 Å². The second-order valence-corrected chi connectivity index (χ2v) is 4.10. The van der Waals surface area contributed by atoms with Crippen molar-refractivity contribution >= 4 is 6.29 Å². The number of methoxy groups -OCH3 is 2. The fraction of sp³-hybridized carbons (Fsp3) is 0.188. The molecule has 0 atom stereocenters. The van der Waals surface area contributed by atoms with Crippen molar-refractivity contribution in [3.05, 3.63) is 59.7 Å². The van der Waals surface area contributed by atoms with Gasteiger partial charge in [-0.3, -0.25) is 4.79 Å². The minimum Gasteiger partial charge on any atom is -0.352 e. The molecule has 0 aliphatic rings. The largest absolute Gasteiger partial charge is 0.352 e. The summed E-state index contributed by atoms with van der Waals surface area (Å²) in [5.41, 5.74) is 3.38. The number of benzene rings is 2. The van der Waals surface area contributed by atoms with Crippen LogP contribution in [0.25, 0.3) is 11.1 Å². The van der Waals surface area contributed by atoms with E-state index in [-0.39, 0.29) is 0 Å². The summed E-state index contributed by atoms with van der Waals surface area (Å²) >= 11 is 0. The Morgan fingerprint density at radius 1 is 0.895 bits per heavy atom. The highest BCUT2D eigenvalue weighted by Gasteiger charge is 2.16. The Bertz CT molecular complexity index is 559. The third-order valence-corrected chi connectivity index (χ3v) is 3.02. The van der Waals surface area contributed by atoms with Gasteiger partial charge in [-0.1, -0.05) is 48.5 Å². The lowest BCUT2D eigenvalue weighted by molar-refractivity contribution is -0.105. The first-order valence-electron chi connectivity index (χ1n) is 6.01. The number of carbonyl (C=O) groups excluding carboxylic acids is 1. The second kappa shape index (κ2) is 6.27. The summed E-state index contributed by atoms with van der Waals surface area (Å²) < 4.78 is 10.6. The van der Waals surface area contributed by atoms with Gasteiger partial charge < -0.3 is 9.47 Å². The van der Waals surface area contributed by atoms with Crippen molar-refractivity contribution in [2.24, 2.45) is 0 Å². The van der Waals surface area contributed by atoms with Gasteiger partial charge in [-0.05, 0) is 11.1 Å². The predicted molar refractivity (Wildman–Crippen MR) is 74.0 cm³/mol. The van der Waals surface area contributed by atoms with Gasteiger partial charge in [-0.2, -0.15) is 0 Å². The standard InChI is InChI=1S/C16H16O3/c1-18-16(19-2)15-10-6-5-9-14(15)13-8-4-3-7-12(13)11-17/h3-11,16H,1-2H3. The van der Waals surface area contributed by atoms with Crippen LogP contribution in [-0.2, 0) is 9.47 Å². The van der Waals surface area contributed by atoms with E-state index in [9.17, 15) is 4.79 Å². The van der Waals surface area contributed by atoms with E-state index in [4.69, 9.17) is 9.47 Å². The molecule has 0 aliphatic carbocycles. The SMILES string of the molecule is COC(OC)c1ccccc1-c1ccccc1C=O. The maximum absolute atomic E-state index is 11.2. The maximum atomic E-state index is 11.2. The molecule has 0 spiro atoms. The first-order valence-corrected chi connectivity index (χ1v) is 6.01.